The second kappa shape index (κ2) is 5.54. The van der Waals surface area contributed by atoms with Crippen molar-refractivity contribution < 1.29 is 14.1 Å². The number of nitrogens with zero attached hydrogens (tertiary/aromatic N) is 1. The second-order valence-corrected chi connectivity index (χ2v) is 5.71. The summed E-state index contributed by atoms with van der Waals surface area (Å²) in [7, 11) is 0. The molecule has 0 amide bonds. The highest BCUT2D eigenvalue weighted by atomic mass is 32.1. The zero-order chi connectivity index (χ0) is 14.8. The molecule has 106 valence electrons. The SMILES string of the molecule is Cc1cc(C)cc(OC(=O)c2cc(-c3cccs3)on2)c1. The molecule has 0 saturated carbocycles. The highest BCUT2D eigenvalue weighted by Crippen LogP contribution is 2.25. The number of hydrogen-bond donors (Lipinski definition) is 0. The molecule has 0 N–H and O–H groups in total. The third-order valence-corrected chi connectivity index (χ3v) is 3.77. The molecule has 0 unspecified atom stereocenters. The maximum absolute atomic E-state index is 12.1. The number of carbonyl (C=O) groups is 1. The van der Waals surface area contributed by atoms with Crippen molar-refractivity contribution in [2.45, 2.75) is 13.8 Å². The molecule has 3 aromatic rings. The van der Waals surface area contributed by atoms with Gasteiger partial charge in [-0.3, -0.25) is 0 Å². The van der Waals surface area contributed by atoms with Gasteiger partial charge in [0.15, 0.2) is 11.5 Å². The standard InChI is InChI=1S/C16H13NO3S/c1-10-6-11(2)8-12(7-10)19-16(18)13-9-14(20-17-13)15-4-3-5-21-15/h3-9H,1-2H3. The lowest BCUT2D eigenvalue weighted by molar-refractivity contribution is 0.0724. The van der Waals surface area contributed by atoms with E-state index in [-0.39, 0.29) is 5.69 Å². The number of benzene rings is 1. The van der Waals surface area contributed by atoms with Crippen LogP contribution in [0.25, 0.3) is 10.6 Å². The van der Waals surface area contributed by atoms with E-state index in [0.717, 1.165) is 16.0 Å². The molecule has 0 atom stereocenters. The Morgan fingerprint density at radius 2 is 1.95 bits per heavy atom. The monoisotopic (exact) mass is 299 g/mol. The predicted octanol–water partition coefficient (Wildman–Crippen LogP) is 4.24. The van der Waals surface area contributed by atoms with Crippen LogP contribution in [0, 0.1) is 13.8 Å². The van der Waals surface area contributed by atoms with Gasteiger partial charge in [0.2, 0.25) is 0 Å². The van der Waals surface area contributed by atoms with Gasteiger partial charge in [-0.15, -0.1) is 11.3 Å². The van der Waals surface area contributed by atoms with Crippen molar-refractivity contribution in [2.24, 2.45) is 0 Å². The van der Waals surface area contributed by atoms with E-state index in [9.17, 15) is 4.79 Å². The van der Waals surface area contributed by atoms with Gasteiger partial charge in [0.05, 0.1) is 4.88 Å². The Morgan fingerprint density at radius 3 is 2.62 bits per heavy atom. The highest BCUT2D eigenvalue weighted by Gasteiger charge is 2.16. The fourth-order valence-corrected chi connectivity index (χ4v) is 2.73. The molecule has 2 heterocycles. The van der Waals surface area contributed by atoms with Gasteiger partial charge in [-0.25, -0.2) is 4.79 Å². The fourth-order valence-electron chi connectivity index (χ4n) is 2.06. The van der Waals surface area contributed by atoms with E-state index in [2.05, 4.69) is 5.16 Å². The van der Waals surface area contributed by atoms with E-state index < -0.39 is 5.97 Å². The van der Waals surface area contributed by atoms with Crippen LogP contribution in [0.4, 0.5) is 0 Å². The van der Waals surface area contributed by atoms with Crippen LogP contribution < -0.4 is 4.74 Å². The molecule has 0 spiro atoms. The van der Waals surface area contributed by atoms with Crippen LogP contribution in [-0.4, -0.2) is 11.1 Å². The number of thiophene rings is 1. The van der Waals surface area contributed by atoms with Crippen LogP contribution in [0.15, 0.2) is 46.3 Å². The van der Waals surface area contributed by atoms with Gasteiger partial charge in [-0.1, -0.05) is 17.3 Å². The van der Waals surface area contributed by atoms with Crippen molar-refractivity contribution in [3.63, 3.8) is 0 Å². The first-order valence-electron chi connectivity index (χ1n) is 6.43. The van der Waals surface area contributed by atoms with Crippen LogP contribution >= 0.6 is 11.3 Å². The molecule has 21 heavy (non-hydrogen) atoms. The Balaban J connectivity index is 1.79. The summed E-state index contributed by atoms with van der Waals surface area (Å²) in [5.41, 5.74) is 2.24. The smallest absolute Gasteiger partial charge is 0.365 e. The first-order valence-corrected chi connectivity index (χ1v) is 7.31. The van der Waals surface area contributed by atoms with Crippen molar-refractivity contribution in [2.75, 3.05) is 0 Å². The van der Waals surface area contributed by atoms with Gasteiger partial charge >= 0.3 is 5.97 Å². The lowest BCUT2D eigenvalue weighted by Crippen LogP contribution is -2.08. The molecule has 0 aliphatic carbocycles. The quantitative estimate of drug-likeness (QED) is 0.536. The molecule has 1 aromatic carbocycles. The third-order valence-electron chi connectivity index (χ3n) is 2.89. The minimum Gasteiger partial charge on any atom is -0.422 e. The maximum Gasteiger partial charge on any atom is 0.365 e. The number of rotatable bonds is 3. The summed E-state index contributed by atoms with van der Waals surface area (Å²) in [4.78, 5) is 13.0. The molecule has 4 nitrogen and oxygen atoms in total. The summed E-state index contributed by atoms with van der Waals surface area (Å²) in [6, 6.07) is 11.1. The third kappa shape index (κ3) is 3.03. The summed E-state index contributed by atoms with van der Waals surface area (Å²) in [6.45, 7) is 3.91. The number of esters is 1. The number of ether oxygens (including phenoxy) is 1. The molecule has 0 aliphatic heterocycles. The molecule has 0 saturated heterocycles. The Bertz CT molecular complexity index is 754. The zero-order valence-electron chi connectivity index (χ0n) is 11.6. The van der Waals surface area contributed by atoms with Gasteiger partial charge in [0, 0.05) is 6.07 Å². The minimum atomic E-state index is -0.522. The lowest BCUT2D eigenvalue weighted by atomic mass is 10.1. The summed E-state index contributed by atoms with van der Waals surface area (Å²) in [6.07, 6.45) is 0. The molecule has 0 aliphatic rings. The van der Waals surface area contributed by atoms with Crippen LogP contribution in [0.3, 0.4) is 0 Å². The Morgan fingerprint density at radius 1 is 1.19 bits per heavy atom. The topological polar surface area (TPSA) is 52.3 Å². The molecule has 0 fully saturated rings. The number of aromatic nitrogens is 1. The first kappa shape index (κ1) is 13.6. The largest absolute Gasteiger partial charge is 0.422 e. The van der Waals surface area contributed by atoms with Crippen LogP contribution in [0.2, 0.25) is 0 Å². The molecule has 2 aromatic heterocycles. The van der Waals surface area contributed by atoms with E-state index in [1.54, 1.807) is 6.07 Å². The molecular formula is C16H13NO3S. The highest BCUT2D eigenvalue weighted by molar-refractivity contribution is 7.13. The Hall–Kier alpha value is -2.40. The van der Waals surface area contributed by atoms with Crippen molar-refractivity contribution in [1.82, 2.24) is 5.16 Å². The van der Waals surface area contributed by atoms with Crippen molar-refractivity contribution in [1.29, 1.82) is 0 Å². The van der Waals surface area contributed by atoms with Crippen LogP contribution in [-0.2, 0) is 0 Å². The number of aryl methyl sites for hydroxylation is 2. The first-order chi connectivity index (χ1) is 10.1. The number of hydrogen-bond acceptors (Lipinski definition) is 5. The zero-order valence-corrected chi connectivity index (χ0v) is 12.4. The minimum absolute atomic E-state index is 0.164. The van der Waals surface area contributed by atoms with E-state index >= 15 is 0 Å². The predicted molar refractivity (Wildman–Crippen MR) is 80.7 cm³/mol. The van der Waals surface area contributed by atoms with Crippen LogP contribution in [0.1, 0.15) is 21.6 Å². The fraction of sp³-hybridized carbons (Fsp3) is 0.125. The van der Waals surface area contributed by atoms with E-state index in [1.807, 2.05) is 49.6 Å². The number of carbonyl (C=O) groups excluding carboxylic acids is 1. The average molecular weight is 299 g/mol. The summed E-state index contributed by atoms with van der Waals surface area (Å²) in [5.74, 6) is 0.558. The second-order valence-electron chi connectivity index (χ2n) is 4.77. The van der Waals surface area contributed by atoms with E-state index in [1.165, 1.54) is 11.3 Å². The molecule has 0 bridgehead atoms. The summed E-state index contributed by atoms with van der Waals surface area (Å²) < 4.78 is 10.5. The van der Waals surface area contributed by atoms with E-state index in [0.29, 0.717) is 11.5 Å². The average Bonchev–Trinajstić information content (AvgIpc) is 3.09. The van der Waals surface area contributed by atoms with E-state index in [4.69, 9.17) is 9.26 Å². The Labute approximate surface area is 126 Å². The summed E-state index contributed by atoms with van der Waals surface area (Å²) in [5, 5.41) is 5.71. The van der Waals surface area contributed by atoms with Gasteiger partial charge < -0.3 is 9.26 Å². The van der Waals surface area contributed by atoms with Crippen molar-refractivity contribution >= 4 is 17.3 Å². The van der Waals surface area contributed by atoms with Crippen molar-refractivity contribution in [3.8, 4) is 16.4 Å². The molecule has 5 heteroatoms. The maximum atomic E-state index is 12.1. The molecular weight excluding hydrogens is 286 g/mol. The van der Waals surface area contributed by atoms with Gasteiger partial charge in [-0.05, 0) is 48.6 Å². The Kier molecular flexibility index (Phi) is 3.58. The van der Waals surface area contributed by atoms with Gasteiger partial charge in [-0.2, -0.15) is 0 Å². The lowest BCUT2D eigenvalue weighted by Gasteiger charge is -2.04. The molecule has 3 rings (SSSR count). The normalized spacial score (nSPS) is 10.6. The van der Waals surface area contributed by atoms with Crippen LogP contribution in [0.5, 0.6) is 5.75 Å². The van der Waals surface area contributed by atoms with Gasteiger partial charge in [0.1, 0.15) is 5.75 Å². The summed E-state index contributed by atoms with van der Waals surface area (Å²) >= 11 is 1.52. The molecule has 0 radical (unpaired) electrons. The van der Waals surface area contributed by atoms with Gasteiger partial charge in [0.25, 0.3) is 0 Å². The van der Waals surface area contributed by atoms with Crippen molar-refractivity contribution in [3.05, 3.63) is 58.6 Å².